The van der Waals surface area contributed by atoms with E-state index in [0.717, 1.165) is 0 Å². The first-order valence-corrected chi connectivity index (χ1v) is 5.88. The van der Waals surface area contributed by atoms with Crippen LogP contribution in [0.25, 0.3) is 0 Å². The average molecular weight is 325 g/mol. The first-order chi connectivity index (χ1) is 10.2. The number of rotatable bonds is 6. The minimum absolute atomic E-state index is 0.0300. The van der Waals surface area contributed by atoms with Crippen LogP contribution in [0.4, 0.5) is 19.1 Å². The number of aliphatic carboxylic acids is 2. The van der Waals surface area contributed by atoms with Gasteiger partial charge in [0.05, 0.1) is 13.0 Å². The highest BCUT2D eigenvalue weighted by Crippen LogP contribution is 2.13. The fraction of sp³-hybridized carbons (Fsp3) is 0.455. The molecule has 0 aliphatic heterocycles. The van der Waals surface area contributed by atoms with Crippen molar-refractivity contribution in [1.29, 1.82) is 0 Å². The molecule has 1 rings (SSSR count). The monoisotopic (exact) mass is 325 g/mol. The number of nitrogens with one attached hydrogen (secondary N) is 1. The minimum Gasteiger partial charge on any atom is -0.481 e. The van der Waals surface area contributed by atoms with E-state index in [-0.39, 0.29) is 6.42 Å². The van der Waals surface area contributed by atoms with Crippen LogP contribution in [0.1, 0.15) is 13.3 Å². The highest BCUT2D eigenvalue weighted by Gasteiger charge is 2.38. The highest BCUT2D eigenvalue weighted by molar-refractivity contribution is 5.73. The summed E-state index contributed by atoms with van der Waals surface area (Å²) in [6.07, 6.45) is -3.50. The average Bonchev–Trinajstić information content (AvgIpc) is 2.38. The van der Waals surface area contributed by atoms with Crippen molar-refractivity contribution in [3.8, 4) is 5.88 Å². The molecule has 0 amide bonds. The Morgan fingerprint density at radius 2 is 1.95 bits per heavy atom. The molecule has 0 aliphatic carbocycles. The van der Waals surface area contributed by atoms with E-state index in [1.54, 1.807) is 12.3 Å². The number of carboxylic acid groups (broad SMARTS) is 2. The molecule has 0 saturated carbocycles. The largest absolute Gasteiger partial charge is 0.490 e. The summed E-state index contributed by atoms with van der Waals surface area (Å²) in [6, 6.07) is 1.64. The molecule has 11 heteroatoms. The van der Waals surface area contributed by atoms with Gasteiger partial charge in [-0.05, 0) is 6.92 Å². The van der Waals surface area contributed by atoms with Gasteiger partial charge in [0.1, 0.15) is 0 Å². The SMILES string of the molecule is CCOc1ccnc(NCCC(=O)O)n1.O=C(O)C(F)(F)F. The summed E-state index contributed by atoms with van der Waals surface area (Å²) < 4.78 is 36.9. The van der Waals surface area contributed by atoms with Crippen molar-refractivity contribution in [2.45, 2.75) is 19.5 Å². The molecule has 0 aromatic carbocycles. The molecule has 0 fully saturated rings. The zero-order chi connectivity index (χ0) is 17.2. The summed E-state index contributed by atoms with van der Waals surface area (Å²) in [5.41, 5.74) is 0. The normalized spacial score (nSPS) is 10.2. The van der Waals surface area contributed by atoms with Crippen LogP contribution in [-0.4, -0.2) is 51.4 Å². The molecule has 0 spiro atoms. The summed E-state index contributed by atoms with van der Waals surface area (Å²) >= 11 is 0. The van der Waals surface area contributed by atoms with E-state index < -0.39 is 18.1 Å². The van der Waals surface area contributed by atoms with E-state index in [0.29, 0.717) is 25.0 Å². The smallest absolute Gasteiger partial charge is 0.481 e. The van der Waals surface area contributed by atoms with E-state index >= 15 is 0 Å². The molecule has 0 bridgehead atoms. The maximum absolute atomic E-state index is 10.6. The molecular formula is C11H14F3N3O5. The molecule has 1 aromatic rings. The molecule has 22 heavy (non-hydrogen) atoms. The van der Waals surface area contributed by atoms with Gasteiger partial charge in [-0.3, -0.25) is 4.79 Å². The maximum Gasteiger partial charge on any atom is 0.490 e. The van der Waals surface area contributed by atoms with Gasteiger partial charge in [0, 0.05) is 18.8 Å². The molecule has 0 aliphatic rings. The van der Waals surface area contributed by atoms with E-state index in [9.17, 15) is 18.0 Å². The fourth-order valence-electron chi connectivity index (χ4n) is 0.937. The zero-order valence-electron chi connectivity index (χ0n) is 11.4. The summed E-state index contributed by atoms with van der Waals surface area (Å²) in [5, 5.41) is 18.3. The first-order valence-electron chi connectivity index (χ1n) is 5.88. The molecule has 3 N–H and O–H groups in total. The number of carbonyl (C=O) groups is 2. The van der Waals surface area contributed by atoms with E-state index in [1.165, 1.54) is 0 Å². The van der Waals surface area contributed by atoms with Gasteiger partial charge in [0.15, 0.2) is 0 Å². The van der Waals surface area contributed by atoms with Gasteiger partial charge in [0.2, 0.25) is 11.8 Å². The Balaban J connectivity index is 0.000000534. The lowest BCUT2D eigenvalue weighted by Crippen LogP contribution is -2.21. The van der Waals surface area contributed by atoms with Crippen molar-refractivity contribution in [1.82, 2.24) is 9.97 Å². The van der Waals surface area contributed by atoms with Crippen LogP contribution in [-0.2, 0) is 9.59 Å². The molecule has 124 valence electrons. The number of halogens is 3. The molecule has 1 heterocycles. The summed E-state index contributed by atoms with van der Waals surface area (Å²) in [4.78, 5) is 27.1. The molecule has 0 atom stereocenters. The Morgan fingerprint density at radius 3 is 2.41 bits per heavy atom. The summed E-state index contributed by atoms with van der Waals surface area (Å²) in [6.45, 7) is 2.69. The second kappa shape index (κ2) is 9.37. The van der Waals surface area contributed by atoms with E-state index in [4.69, 9.17) is 19.7 Å². The van der Waals surface area contributed by atoms with Gasteiger partial charge in [-0.1, -0.05) is 0 Å². The maximum atomic E-state index is 10.6. The number of alkyl halides is 3. The molecule has 0 unspecified atom stereocenters. The minimum atomic E-state index is -5.08. The van der Waals surface area contributed by atoms with Crippen LogP contribution in [0.3, 0.4) is 0 Å². The number of carboxylic acids is 2. The standard InChI is InChI=1S/C9H13N3O3.C2HF3O2/c1-2-15-7-3-5-10-9(12-7)11-6-4-8(13)14;3-2(4,5)1(6)7/h3,5H,2,4,6H2,1H3,(H,13,14)(H,10,11,12);(H,6,7). The zero-order valence-corrected chi connectivity index (χ0v) is 11.4. The molecule has 1 aromatic heterocycles. The molecular weight excluding hydrogens is 311 g/mol. The number of nitrogens with zero attached hydrogens (tertiary/aromatic N) is 2. The highest BCUT2D eigenvalue weighted by atomic mass is 19.4. The number of hydrogen-bond acceptors (Lipinski definition) is 6. The third-order valence-electron chi connectivity index (χ3n) is 1.79. The second-order valence-electron chi connectivity index (χ2n) is 3.52. The van der Waals surface area contributed by atoms with Gasteiger partial charge in [-0.2, -0.15) is 18.2 Å². The van der Waals surface area contributed by atoms with Crippen LogP contribution in [0, 0.1) is 0 Å². The quantitative estimate of drug-likeness (QED) is 0.717. The lowest BCUT2D eigenvalue weighted by molar-refractivity contribution is -0.192. The lowest BCUT2D eigenvalue weighted by atomic mass is 10.4. The van der Waals surface area contributed by atoms with Crippen molar-refractivity contribution in [2.75, 3.05) is 18.5 Å². The first kappa shape index (κ1) is 19.4. The van der Waals surface area contributed by atoms with Gasteiger partial charge in [-0.15, -0.1) is 0 Å². The number of aromatic nitrogens is 2. The number of hydrogen-bond donors (Lipinski definition) is 3. The third kappa shape index (κ3) is 9.34. The van der Waals surface area contributed by atoms with Gasteiger partial charge in [-0.25, -0.2) is 9.78 Å². The van der Waals surface area contributed by atoms with Crippen molar-refractivity contribution in [3.05, 3.63) is 12.3 Å². The van der Waals surface area contributed by atoms with Crippen molar-refractivity contribution in [2.24, 2.45) is 0 Å². The second-order valence-corrected chi connectivity index (χ2v) is 3.52. The van der Waals surface area contributed by atoms with Crippen molar-refractivity contribution < 1.29 is 37.7 Å². The fourth-order valence-corrected chi connectivity index (χ4v) is 0.937. The predicted octanol–water partition coefficient (Wildman–Crippen LogP) is 1.40. The topological polar surface area (TPSA) is 122 Å². The Labute approximate surface area is 123 Å². The lowest BCUT2D eigenvalue weighted by Gasteiger charge is -2.05. The third-order valence-corrected chi connectivity index (χ3v) is 1.79. The Hall–Kier alpha value is -2.59. The Bertz CT molecular complexity index is 496. The van der Waals surface area contributed by atoms with Crippen LogP contribution < -0.4 is 10.1 Å². The Morgan fingerprint density at radius 1 is 1.36 bits per heavy atom. The predicted molar refractivity (Wildman–Crippen MR) is 67.6 cm³/mol. The van der Waals surface area contributed by atoms with Crippen LogP contribution >= 0.6 is 0 Å². The number of anilines is 1. The van der Waals surface area contributed by atoms with Gasteiger partial charge < -0.3 is 20.3 Å². The summed E-state index contributed by atoms with van der Waals surface area (Å²) in [7, 11) is 0. The van der Waals surface area contributed by atoms with Gasteiger partial charge in [0.25, 0.3) is 0 Å². The van der Waals surface area contributed by atoms with E-state index in [1.807, 2.05) is 6.92 Å². The summed E-state index contributed by atoms with van der Waals surface area (Å²) in [5.74, 6) is -2.76. The van der Waals surface area contributed by atoms with E-state index in [2.05, 4.69) is 15.3 Å². The van der Waals surface area contributed by atoms with Crippen LogP contribution in [0.15, 0.2) is 12.3 Å². The Kier molecular flexibility index (Phi) is 8.26. The van der Waals surface area contributed by atoms with Gasteiger partial charge >= 0.3 is 18.1 Å². The molecule has 0 radical (unpaired) electrons. The van der Waals surface area contributed by atoms with Crippen molar-refractivity contribution in [3.63, 3.8) is 0 Å². The number of ether oxygens (including phenoxy) is 1. The molecule has 0 saturated heterocycles. The molecule has 8 nitrogen and oxygen atoms in total. The van der Waals surface area contributed by atoms with Crippen LogP contribution in [0.5, 0.6) is 5.88 Å². The van der Waals surface area contributed by atoms with Crippen LogP contribution in [0.2, 0.25) is 0 Å². The van der Waals surface area contributed by atoms with Crippen molar-refractivity contribution >= 4 is 17.9 Å².